The molecule has 0 atom stereocenters. The molecule has 8 heteroatoms. The van der Waals surface area contributed by atoms with Crippen LogP contribution in [0, 0.1) is 0 Å². The van der Waals surface area contributed by atoms with Crippen molar-refractivity contribution in [1.82, 2.24) is 24.9 Å². The fraction of sp³-hybridized carbons (Fsp3) is 0.350. The van der Waals surface area contributed by atoms with E-state index in [2.05, 4.69) is 24.9 Å². The molecular formula is C20H22ClN5O2. The minimum Gasteiger partial charge on any atom is -0.492 e. The van der Waals surface area contributed by atoms with Crippen molar-refractivity contribution < 1.29 is 9.26 Å². The van der Waals surface area contributed by atoms with E-state index >= 15 is 0 Å². The molecule has 1 aromatic carbocycles. The molecule has 0 amide bonds. The smallest absolute Gasteiger partial charge is 0.241 e. The van der Waals surface area contributed by atoms with E-state index in [1.54, 1.807) is 12.4 Å². The Balaban J connectivity index is 1.19. The van der Waals surface area contributed by atoms with Gasteiger partial charge in [0.15, 0.2) is 0 Å². The second-order valence-corrected chi connectivity index (χ2v) is 7.11. The highest BCUT2D eigenvalue weighted by Gasteiger charge is 2.19. The Bertz CT molecular complexity index is 864. The summed E-state index contributed by atoms with van der Waals surface area (Å²) < 4.78 is 11.2. The van der Waals surface area contributed by atoms with Crippen LogP contribution in [0.3, 0.4) is 0 Å². The molecule has 28 heavy (non-hydrogen) atoms. The molecule has 3 aromatic rings. The topological polar surface area (TPSA) is 67.5 Å². The second-order valence-electron chi connectivity index (χ2n) is 6.67. The van der Waals surface area contributed by atoms with Gasteiger partial charge < -0.3 is 9.26 Å². The molecular weight excluding hydrogens is 378 g/mol. The van der Waals surface area contributed by atoms with Crippen LogP contribution in [-0.4, -0.2) is 64.3 Å². The van der Waals surface area contributed by atoms with Gasteiger partial charge in [-0.1, -0.05) is 16.8 Å². The summed E-state index contributed by atoms with van der Waals surface area (Å²) in [7, 11) is 0. The standard InChI is InChI=1S/C20H22ClN5O2/c21-17-3-5-18(6-4-17)27-13-12-25-8-10-26(11-9-25)15-19-23-20(24-28-19)16-2-1-7-22-14-16/h1-7,14H,8-13,15H2. The van der Waals surface area contributed by atoms with Gasteiger partial charge in [0.1, 0.15) is 12.4 Å². The van der Waals surface area contributed by atoms with Gasteiger partial charge in [0.05, 0.1) is 6.54 Å². The predicted octanol–water partition coefficient (Wildman–Crippen LogP) is 2.98. The molecule has 1 aliphatic heterocycles. The van der Waals surface area contributed by atoms with Crippen LogP contribution in [0.2, 0.25) is 5.02 Å². The normalized spacial score (nSPS) is 15.6. The Kier molecular flexibility index (Phi) is 6.16. The summed E-state index contributed by atoms with van der Waals surface area (Å²) in [5.41, 5.74) is 0.864. The van der Waals surface area contributed by atoms with Crippen molar-refractivity contribution in [2.24, 2.45) is 0 Å². The maximum atomic E-state index is 5.89. The minimum atomic E-state index is 0.584. The third kappa shape index (κ3) is 5.07. The third-order valence-electron chi connectivity index (χ3n) is 4.70. The number of pyridine rings is 1. The molecule has 0 radical (unpaired) electrons. The van der Waals surface area contributed by atoms with Gasteiger partial charge in [-0.2, -0.15) is 4.98 Å². The zero-order valence-corrected chi connectivity index (χ0v) is 16.3. The number of hydrogen-bond acceptors (Lipinski definition) is 7. The van der Waals surface area contributed by atoms with Crippen LogP contribution in [-0.2, 0) is 6.54 Å². The van der Waals surface area contributed by atoms with E-state index in [-0.39, 0.29) is 0 Å². The lowest BCUT2D eigenvalue weighted by atomic mass is 10.3. The number of piperazine rings is 1. The van der Waals surface area contributed by atoms with E-state index in [0.717, 1.165) is 49.1 Å². The first-order valence-electron chi connectivity index (χ1n) is 9.32. The molecule has 0 N–H and O–H groups in total. The number of ether oxygens (including phenoxy) is 1. The highest BCUT2D eigenvalue weighted by Crippen LogP contribution is 2.16. The molecule has 4 rings (SSSR count). The lowest BCUT2D eigenvalue weighted by molar-refractivity contribution is 0.104. The van der Waals surface area contributed by atoms with E-state index in [9.17, 15) is 0 Å². The fourth-order valence-electron chi connectivity index (χ4n) is 3.12. The Hall–Kier alpha value is -2.48. The number of rotatable bonds is 7. The summed E-state index contributed by atoms with van der Waals surface area (Å²) in [5.74, 6) is 2.07. The van der Waals surface area contributed by atoms with Crippen LogP contribution in [0.5, 0.6) is 5.75 Å². The van der Waals surface area contributed by atoms with E-state index < -0.39 is 0 Å². The Morgan fingerprint density at radius 3 is 2.57 bits per heavy atom. The van der Waals surface area contributed by atoms with Crippen LogP contribution >= 0.6 is 11.6 Å². The average molecular weight is 400 g/mol. The summed E-state index contributed by atoms with van der Waals surface area (Å²) in [6, 6.07) is 11.3. The summed E-state index contributed by atoms with van der Waals surface area (Å²) in [6.07, 6.45) is 3.46. The van der Waals surface area contributed by atoms with Gasteiger partial charge in [-0.05, 0) is 36.4 Å². The molecule has 146 valence electrons. The van der Waals surface area contributed by atoms with Crippen LogP contribution in [0.25, 0.3) is 11.4 Å². The van der Waals surface area contributed by atoms with Crippen LogP contribution in [0.1, 0.15) is 5.89 Å². The van der Waals surface area contributed by atoms with Gasteiger partial charge in [0, 0.05) is 55.7 Å². The first-order chi connectivity index (χ1) is 13.8. The van der Waals surface area contributed by atoms with Crippen molar-refractivity contribution in [3.05, 3.63) is 59.7 Å². The Labute approximate surface area is 168 Å². The van der Waals surface area contributed by atoms with E-state index in [1.165, 1.54) is 0 Å². The molecule has 2 aromatic heterocycles. The van der Waals surface area contributed by atoms with E-state index in [4.69, 9.17) is 20.9 Å². The van der Waals surface area contributed by atoms with Gasteiger partial charge in [0.25, 0.3) is 0 Å². The zero-order valence-electron chi connectivity index (χ0n) is 15.5. The monoisotopic (exact) mass is 399 g/mol. The van der Waals surface area contributed by atoms with Crippen LogP contribution < -0.4 is 4.74 Å². The number of halogens is 1. The lowest BCUT2D eigenvalue weighted by Gasteiger charge is -2.33. The first kappa shape index (κ1) is 18.9. The van der Waals surface area contributed by atoms with Crippen molar-refractivity contribution in [2.45, 2.75) is 6.54 Å². The average Bonchev–Trinajstić information content (AvgIpc) is 3.20. The highest BCUT2D eigenvalue weighted by atomic mass is 35.5. The quantitative estimate of drug-likeness (QED) is 0.605. The summed E-state index contributed by atoms with van der Waals surface area (Å²) >= 11 is 5.89. The van der Waals surface area contributed by atoms with Crippen molar-refractivity contribution in [1.29, 1.82) is 0 Å². The Morgan fingerprint density at radius 2 is 1.82 bits per heavy atom. The maximum Gasteiger partial charge on any atom is 0.241 e. The molecule has 3 heterocycles. The third-order valence-corrected chi connectivity index (χ3v) is 4.95. The summed E-state index contributed by atoms with van der Waals surface area (Å²) in [4.78, 5) is 13.3. The molecule has 7 nitrogen and oxygen atoms in total. The largest absolute Gasteiger partial charge is 0.492 e. The predicted molar refractivity (Wildman–Crippen MR) is 106 cm³/mol. The number of hydrogen-bond donors (Lipinski definition) is 0. The summed E-state index contributed by atoms with van der Waals surface area (Å²) in [6.45, 7) is 6.16. The van der Waals surface area contributed by atoms with Crippen LogP contribution in [0.15, 0.2) is 53.3 Å². The van der Waals surface area contributed by atoms with Gasteiger partial charge in [0.2, 0.25) is 11.7 Å². The minimum absolute atomic E-state index is 0.584. The SMILES string of the molecule is Clc1ccc(OCCN2CCN(Cc3nc(-c4cccnc4)no3)CC2)cc1. The summed E-state index contributed by atoms with van der Waals surface area (Å²) in [5, 5.41) is 4.77. The van der Waals surface area contributed by atoms with E-state index in [1.807, 2.05) is 36.4 Å². The number of nitrogens with zero attached hydrogens (tertiary/aromatic N) is 5. The molecule has 1 fully saturated rings. The van der Waals surface area contributed by atoms with Crippen LogP contribution in [0.4, 0.5) is 0 Å². The van der Waals surface area contributed by atoms with Gasteiger partial charge in [-0.15, -0.1) is 0 Å². The van der Waals surface area contributed by atoms with Gasteiger partial charge >= 0.3 is 0 Å². The second kappa shape index (κ2) is 9.14. The number of aromatic nitrogens is 3. The Morgan fingerprint density at radius 1 is 1.04 bits per heavy atom. The number of benzene rings is 1. The molecule has 1 aliphatic rings. The first-order valence-corrected chi connectivity index (χ1v) is 9.70. The van der Waals surface area contributed by atoms with E-state index in [0.29, 0.717) is 24.9 Å². The van der Waals surface area contributed by atoms with Crippen molar-refractivity contribution in [3.8, 4) is 17.1 Å². The highest BCUT2D eigenvalue weighted by molar-refractivity contribution is 6.30. The molecule has 0 saturated carbocycles. The van der Waals surface area contributed by atoms with Crippen molar-refractivity contribution >= 4 is 11.6 Å². The maximum absolute atomic E-state index is 5.89. The van der Waals surface area contributed by atoms with Gasteiger partial charge in [-0.25, -0.2) is 0 Å². The molecule has 0 spiro atoms. The van der Waals surface area contributed by atoms with Crippen molar-refractivity contribution in [3.63, 3.8) is 0 Å². The zero-order chi connectivity index (χ0) is 19.2. The molecule has 0 bridgehead atoms. The fourth-order valence-corrected chi connectivity index (χ4v) is 3.24. The molecule has 0 aliphatic carbocycles. The van der Waals surface area contributed by atoms with Crippen molar-refractivity contribution in [2.75, 3.05) is 39.3 Å². The molecule has 1 saturated heterocycles. The lowest BCUT2D eigenvalue weighted by Crippen LogP contribution is -2.47. The molecule has 0 unspecified atom stereocenters. The van der Waals surface area contributed by atoms with Gasteiger partial charge in [-0.3, -0.25) is 14.8 Å².